The Morgan fingerprint density at radius 2 is 1.88 bits per heavy atom. The molecule has 0 spiro atoms. The Morgan fingerprint density at radius 3 is 2.62 bits per heavy atom. The first-order valence-electron chi connectivity index (χ1n) is 4.64. The fraction of sp³-hybridized carbons (Fsp3) is 0. The molecule has 0 amide bonds. The zero-order chi connectivity index (χ0) is 11.5. The van der Waals surface area contributed by atoms with Crippen LogP contribution in [0.2, 0.25) is 5.02 Å². The first-order chi connectivity index (χ1) is 7.66. The highest BCUT2D eigenvalue weighted by atomic mass is 79.9. The van der Waals surface area contributed by atoms with Crippen LogP contribution in [0.1, 0.15) is 0 Å². The fourth-order valence-corrected chi connectivity index (χ4v) is 3.00. The molecule has 4 heteroatoms. The standard InChI is InChI=1S/C12H9BrClNS/c13-8-3-1-4-9(7-8)16-11-6-2-5-10(14)12(11)15/h1-7H,15H2. The van der Waals surface area contributed by atoms with Crippen LogP contribution in [0.3, 0.4) is 0 Å². The van der Waals surface area contributed by atoms with Gasteiger partial charge in [-0.1, -0.05) is 51.4 Å². The largest absolute Gasteiger partial charge is 0.397 e. The van der Waals surface area contributed by atoms with Crippen molar-refractivity contribution >= 4 is 45.0 Å². The molecule has 2 rings (SSSR count). The normalized spacial score (nSPS) is 10.4. The maximum absolute atomic E-state index is 5.96. The van der Waals surface area contributed by atoms with E-state index in [-0.39, 0.29) is 0 Å². The summed E-state index contributed by atoms with van der Waals surface area (Å²) in [5, 5.41) is 0.597. The van der Waals surface area contributed by atoms with E-state index in [2.05, 4.69) is 15.9 Å². The van der Waals surface area contributed by atoms with Crippen LogP contribution >= 0.6 is 39.3 Å². The molecule has 16 heavy (non-hydrogen) atoms. The number of para-hydroxylation sites is 1. The van der Waals surface area contributed by atoms with E-state index in [1.54, 1.807) is 17.8 Å². The van der Waals surface area contributed by atoms with Crippen molar-refractivity contribution < 1.29 is 0 Å². The van der Waals surface area contributed by atoms with Crippen molar-refractivity contribution in [3.63, 3.8) is 0 Å². The van der Waals surface area contributed by atoms with Gasteiger partial charge in [0.05, 0.1) is 10.7 Å². The van der Waals surface area contributed by atoms with Crippen LogP contribution in [0.25, 0.3) is 0 Å². The molecule has 0 saturated carbocycles. The lowest BCUT2D eigenvalue weighted by Crippen LogP contribution is -1.89. The summed E-state index contributed by atoms with van der Waals surface area (Å²) in [6, 6.07) is 13.7. The average Bonchev–Trinajstić information content (AvgIpc) is 2.25. The smallest absolute Gasteiger partial charge is 0.0647 e. The number of nitrogens with two attached hydrogens (primary N) is 1. The van der Waals surface area contributed by atoms with Crippen LogP contribution < -0.4 is 5.73 Å². The molecule has 0 aromatic heterocycles. The van der Waals surface area contributed by atoms with Crippen molar-refractivity contribution in [1.29, 1.82) is 0 Å². The van der Waals surface area contributed by atoms with E-state index in [4.69, 9.17) is 17.3 Å². The Hall–Kier alpha value is -0.640. The molecular formula is C12H9BrClNS. The van der Waals surface area contributed by atoms with E-state index >= 15 is 0 Å². The number of hydrogen-bond acceptors (Lipinski definition) is 2. The summed E-state index contributed by atoms with van der Waals surface area (Å²) < 4.78 is 1.05. The van der Waals surface area contributed by atoms with Crippen molar-refractivity contribution in [2.24, 2.45) is 0 Å². The van der Waals surface area contributed by atoms with E-state index in [9.17, 15) is 0 Å². The van der Waals surface area contributed by atoms with Gasteiger partial charge in [0.2, 0.25) is 0 Å². The summed E-state index contributed by atoms with van der Waals surface area (Å²) in [5.41, 5.74) is 6.54. The SMILES string of the molecule is Nc1c(Cl)cccc1Sc1cccc(Br)c1. The summed E-state index contributed by atoms with van der Waals surface area (Å²) in [4.78, 5) is 2.11. The third-order valence-electron chi connectivity index (χ3n) is 2.04. The molecule has 82 valence electrons. The van der Waals surface area contributed by atoms with Crippen molar-refractivity contribution in [2.75, 3.05) is 5.73 Å². The van der Waals surface area contributed by atoms with E-state index in [1.165, 1.54) is 0 Å². The van der Waals surface area contributed by atoms with E-state index in [0.717, 1.165) is 14.3 Å². The molecule has 0 saturated heterocycles. The van der Waals surface area contributed by atoms with Gasteiger partial charge in [-0.05, 0) is 30.3 Å². The summed E-state index contributed by atoms with van der Waals surface area (Å²) in [5.74, 6) is 0. The van der Waals surface area contributed by atoms with Gasteiger partial charge in [-0.15, -0.1) is 0 Å². The van der Waals surface area contributed by atoms with Crippen molar-refractivity contribution in [2.45, 2.75) is 9.79 Å². The van der Waals surface area contributed by atoms with Gasteiger partial charge in [-0.2, -0.15) is 0 Å². The highest BCUT2D eigenvalue weighted by molar-refractivity contribution is 9.10. The first-order valence-corrected chi connectivity index (χ1v) is 6.63. The minimum absolute atomic E-state index is 0.597. The molecule has 2 aromatic carbocycles. The van der Waals surface area contributed by atoms with Gasteiger partial charge in [-0.3, -0.25) is 0 Å². The summed E-state index contributed by atoms with van der Waals surface area (Å²) in [6.45, 7) is 0. The van der Waals surface area contributed by atoms with Gasteiger partial charge < -0.3 is 5.73 Å². The maximum atomic E-state index is 5.96. The second-order valence-electron chi connectivity index (χ2n) is 3.21. The summed E-state index contributed by atoms with van der Waals surface area (Å²) in [6.07, 6.45) is 0. The lowest BCUT2D eigenvalue weighted by molar-refractivity contribution is 1.39. The molecule has 0 fully saturated rings. The van der Waals surface area contributed by atoms with Crippen LogP contribution in [-0.2, 0) is 0 Å². The van der Waals surface area contributed by atoms with Gasteiger partial charge in [0.25, 0.3) is 0 Å². The lowest BCUT2D eigenvalue weighted by atomic mass is 10.3. The Bertz CT molecular complexity index is 516. The molecule has 0 aliphatic heterocycles. The predicted octanol–water partition coefficient (Wildman–Crippen LogP) is 4.84. The third kappa shape index (κ3) is 2.73. The number of benzene rings is 2. The van der Waals surface area contributed by atoms with Gasteiger partial charge >= 0.3 is 0 Å². The van der Waals surface area contributed by atoms with E-state index < -0.39 is 0 Å². The number of anilines is 1. The Morgan fingerprint density at radius 1 is 1.12 bits per heavy atom. The zero-order valence-electron chi connectivity index (χ0n) is 8.28. The van der Waals surface area contributed by atoms with Gasteiger partial charge in [0.15, 0.2) is 0 Å². The summed E-state index contributed by atoms with van der Waals surface area (Å²) in [7, 11) is 0. The topological polar surface area (TPSA) is 26.0 Å². The Kier molecular flexibility index (Phi) is 3.79. The average molecular weight is 315 g/mol. The zero-order valence-corrected chi connectivity index (χ0v) is 11.4. The molecule has 0 unspecified atom stereocenters. The quantitative estimate of drug-likeness (QED) is 0.803. The number of halogens is 2. The summed E-state index contributed by atoms with van der Waals surface area (Å²) >= 11 is 11.0. The molecule has 1 nitrogen and oxygen atoms in total. The predicted molar refractivity (Wildman–Crippen MR) is 74.1 cm³/mol. The minimum atomic E-state index is 0.597. The van der Waals surface area contributed by atoms with E-state index in [1.807, 2.05) is 36.4 Å². The fourth-order valence-electron chi connectivity index (χ4n) is 1.26. The van der Waals surface area contributed by atoms with Crippen molar-refractivity contribution in [3.8, 4) is 0 Å². The molecule has 0 heterocycles. The highest BCUT2D eigenvalue weighted by Crippen LogP contribution is 2.36. The van der Waals surface area contributed by atoms with Crippen LogP contribution in [-0.4, -0.2) is 0 Å². The first kappa shape index (κ1) is 11.8. The molecule has 0 aliphatic rings. The second kappa shape index (κ2) is 5.13. The molecule has 0 atom stereocenters. The van der Waals surface area contributed by atoms with Crippen LogP contribution in [0, 0.1) is 0 Å². The van der Waals surface area contributed by atoms with Crippen molar-refractivity contribution in [3.05, 3.63) is 52.0 Å². The molecule has 2 N–H and O–H groups in total. The maximum Gasteiger partial charge on any atom is 0.0647 e. The molecule has 0 aliphatic carbocycles. The number of rotatable bonds is 2. The Balaban J connectivity index is 2.31. The van der Waals surface area contributed by atoms with Gasteiger partial charge in [-0.25, -0.2) is 0 Å². The Labute approximate surface area is 112 Å². The van der Waals surface area contributed by atoms with Crippen LogP contribution in [0.4, 0.5) is 5.69 Å². The van der Waals surface area contributed by atoms with Crippen molar-refractivity contribution in [1.82, 2.24) is 0 Å². The van der Waals surface area contributed by atoms with Gasteiger partial charge in [0.1, 0.15) is 0 Å². The van der Waals surface area contributed by atoms with Crippen LogP contribution in [0.5, 0.6) is 0 Å². The molecule has 0 radical (unpaired) electrons. The molecule has 2 aromatic rings. The lowest BCUT2D eigenvalue weighted by Gasteiger charge is -2.06. The molecular weight excluding hydrogens is 306 g/mol. The minimum Gasteiger partial charge on any atom is -0.397 e. The molecule has 0 bridgehead atoms. The monoisotopic (exact) mass is 313 g/mol. The number of hydrogen-bond donors (Lipinski definition) is 1. The van der Waals surface area contributed by atoms with Gasteiger partial charge in [0, 0.05) is 14.3 Å². The number of nitrogen functional groups attached to an aromatic ring is 1. The third-order valence-corrected chi connectivity index (χ3v) is 3.93. The van der Waals surface area contributed by atoms with E-state index in [0.29, 0.717) is 10.7 Å². The second-order valence-corrected chi connectivity index (χ2v) is 5.65. The highest BCUT2D eigenvalue weighted by Gasteiger charge is 2.04. The van der Waals surface area contributed by atoms with Crippen LogP contribution in [0.15, 0.2) is 56.7 Å².